The zero-order valence-corrected chi connectivity index (χ0v) is 18.9. The number of hydrogen-bond acceptors (Lipinski definition) is 4. The molecule has 168 valence electrons. The van der Waals surface area contributed by atoms with E-state index in [9.17, 15) is 14.4 Å². The van der Waals surface area contributed by atoms with Gasteiger partial charge in [-0.1, -0.05) is 38.2 Å². The Balaban J connectivity index is 1.51. The van der Waals surface area contributed by atoms with E-state index in [0.29, 0.717) is 11.1 Å². The van der Waals surface area contributed by atoms with Crippen LogP contribution < -0.4 is 10.2 Å². The number of benzene rings is 1. The smallest absolute Gasteiger partial charge is 0.263 e. The van der Waals surface area contributed by atoms with Crippen LogP contribution in [0, 0.1) is 5.92 Å². The Morgan fingerprint density at radius 2 is 1.58 bits per heavy atom. The summed E-state index contributed by atoms with van der Waals surface area (Å²) in [6.45, 7) is 5.39. The van der Waals surface area contributed by atoms with Crippen LogP contribution >= 0.6 is 0 Å². The highest BCUT2D eigenvalue weighted by Gasteiger charge is 2.42. The number of rotatable bonds is 4. The van der Waals surface area contributed by atoms with Crippen LogP contribution in [0.25, 0.3) is 0 Å². The molecule has 2 aliphatic heterocycles. The molecule has 6 heteroatoms. The largest absolute Gasteiger partial charge is 0.371 e. The summed E-state index contributed by atoms with van der Waals surface area (Å²) in [7, 11) is 0. The Morgan fingerprint density at radius 3 is 2.23 bits per heavy atom. The van der Waals surface area contributed by atoms with Crippen LogP contribution in [0.3, 0.4) is 0 Å². The van der Waals surface area contributed by atoms with Crippen LogP contribution in [0.15, 0.2) is 18.2 Å². The standard InChI is InChI=1S/C25H35N3O3/c1-17(2)26-23(29)18-13-15-27(16-14-18)21-12-8-11-20-22(21)25(31)28(24(20)30)19-9-6-4-3-5-7-10-19/h8,11-12,17-19H,3-7,9-10,13-16H2,1-2H3,(H,26,29). The van der Waals surface area contributed by atoms with Gasteiger partial charge in [0.1, 0.15) is 0 Å². The maximum atomic E-state index is 13.5. The van der Waals surface area contributed by atoms with E-state index < -0.39 is 0 Å². The average molecular weight is 426 g/mol. The number of fused-ring (bicyclic) bond motifs is 1. The predicted octanol–water partition coefficient (Wildman–Crippen LogP) is 4.14. The maximum Gasteiger partial charge on any atom is 0.263 e. The van der Waals surface area contributed by atoms with E-state index >= 15 is 0 Å². The molecule has 1 aliphatic carbocycles. The van der Waals surface area contributed by atoms with Crippen LogP contribution in [0.1, 0.15) is 92.4 Å². The monoisotopic (exact) mass is 425 g/mol. The SMILES string of the molecule is CC(C)NC(=O)C1CCN(c2cccc3c2C(=O)N(C2CCCCCCC2)C3=O)CC1. The molecule has 2 heterocycles. The van der Waals surface area contributed by atoms with Gasteiger partial charge in [-0.3, -0.25) is 19.3 Å². The Labute approximate surface area is 185 Å². The number of carbonyl (C=O) groups is 3. The molecular formula is C25H35N3O3. The number of anilines is 1. The summed E-state index contributed by atoms with van der Waals surface area (Å²) < 4.78 is 0. The molecule has 1 saturated carbocycles. The van der Waals surface area contributed by atoms with E-state index in [-0.39, 0.29) is 35.7 Å². The van der Waals surface area contributed by atoms with E-state index in [4.69, 9.17) is 0 Å². The number of hydrogen-bond donors (Lipinski definition) is 1. The van der Waals surface area contributed by atoms with Gasteiger partial charge in [-0.25, -0.2) is 0 Å². The van der Waals surface area contributed by atoms with Crippen molar-refractivity contribution in [3.8, 4) is 0 Å². The van der Waals surface area contributed by atoms with Crippen molar-refractivity contribution in [3.05, 3.63) is 29.3 Å². The number of amides is 3. The zero-order chi connectivity index (χ0) is 22.0. The average Bonchev–Trinajstić information content (AvgIpc) is 2.98. The quantitative estimate of drug-likeness (QED) is 0.736. The van der Waals surface area contributed by atoms with Gasteiger partial charge < -0.3 is 10.2 Å². The van der Waals surface area contributed by atoms with Gasteiger partial charge in [0, 0.05) is 31.1 Å². The highest BCUT2D eigenvalue weighted by atomic mass is 16.2. The molecule has 0 spiro atoms. The lowest BCUT2D eigenvalue weighted by molar-refractivity contribution is -0.126. The summed E-state index contributed by atoms with van der Waals surface area (Å²) >= 11 is 0. The van der Waals surface area contributed by atoms with Gasteiger partial charge >= 0.3 is 0 Å². The summed E-state index contributed by atoms with van der Waals surface area (Å²) in [4.78, 5) is 42.8. The lowest BCUT2D eigenvalue weighted by Crippen LogP contribution is -2.43. The van der Waals surface area contributed by atoms with Crippen molar-refractivity contribution in [2.45, 2.75) is 83.7 Å². The van der Waals surface area contributed by atoms with Crippen LogP contribution in [0.5, 0.6) is 0 Å². The van der Waals surface area contributed by atoms with Gasteiger partial charge in [0.2, 0.25) is 5.91 Å². The molecular weight excluding hydrogens is 390 g/mol. The van der Waals surface area contributed by atoms with Crippen LogP contribution in [-0.2, 0) is 4.79 Å². The van der Waals surface area contributed by atoms with Gasteiger partial charge in [0.05, 0.1) is 16.8 Å². The van der Waals surface area contributed by atoms with Crippen LogP contribution in [-0.4, -0.2) is 47.8 Å². The molecule has 1 N–H and O–H groups in total. The second-order valence-electron chi connectivity index (χ2n) is 9.60. The first kappa shape index (κ1) is 21.8. The molecule has 1 saturated heterocycles. The Hall–Kier alpha value is -2.37. The van der Waals surface area contributed by atoms with Gasteiger partial charge in [-0.2, -0.15) is 0 Å². The number of carbonyl (C=O) groups excluding carboxylic acids is 3. The van der Waals surface area contributed by atoms with Crippen molar-refractivity contribution in [2.75, 3.05) is 18.0 Å². The molecule has 0 aromatic heterocycles. The molecule has 1 aromatic carbocycles. The summed E-state index contributed by atoms with van der Waals surface area (Å²) in [6, 6.07) is 5.81. The second-order valence-corrected chi connectivity index (χ2v) is 9.60. The molecule has 6 nitrogen and oxygen atoms in total. The number of imide groups is 1. The minimum atomic E-state index is -0.126. The molecule has 2 fully saturated rings. The second kappa shape index (κ2) is 9.41. The fourth-order valence-corrected chi connectivity index (χ4v) is 5.36. The van der Waals surface area contributed by atoms with Crippen LogP contribution in [0.4, 0.5) is 5.69 Å². The molecule has 4 rings (SSSR count). The topological polar surface area (TPSA) is 69.7 Å². The summed E-state index contributed by atoms with van der Waals surface area (Å²) in [5.74, 6) is -0.117. The molecule has 3 aliphatic rings. The maximum absolute atomic E-state index is 13.5. The summed E-state index contributed by atoms with van der Waals surface area (Å²) in [5.41, 5.74) is 1.97. The number of nitrogens with one attached hydrogen (secondary N) is 1. The van der Waals surface area contributed by atoms with E-state index in [2.05, 4.69) is 10.2 Å². The first-order valence-corrected chi connectivity index (χ1v) is 12.0. The first-order valence-electron chi connectivity index (χ1n) is 12.0. The van der Waals surface area contributed by atoms with Crippen molar-refractivity contribution in [2.24, 2.45) is 5.92 Å². The summed E-state index contributed by atoms with van der Waals surface area (Å²) in [6.07, 6.45) is 9.13. The van der Waals surface area contributed by atoms with Gasteiger partial charge in [0.25, 0.3) is 11.8 Å². The van der Waals surface area contributed by atoms with Crippen molar-refractivity contribution in [1.29, 1.82) is 0 Å². The molecule has 0 radical (unpaired) electrons. The van der Waals surface area contributed by atoms with E-state index in [1.807, 2.05) is 26.0 Å². The first-order chi connectivity index (χ1) is 15.0. The lowest BCUT2D eigenvalue weighted by Gasteiger charge is -2.34. The van der Waals surface area contributed by atoms with Gasteiger partial charge in [-0.05, 0) is 51.7 Å². The third kappa shape index (κ3) is 4.48. The highest BCUT2D eigenvalue weighted by Crippen LogP contribution is 2.36. The van der Waals surface area contributed by atoms with Crippen molar-refractivity contribution >= 4 is 23.4 Å². The molecule has 3 amide bonds. The fraction of sp³-hybridized carbons (Fsp3) is 0.640. The normalized spacial score (nSPS) is 21.3. The lowest BCUT2D eigenvalue weighted by atomic mass is 9.94. The third-order valence-corrected chi connectivity index (χ3v) is 7.00. The van der Waals surface area contributed by atoms with Gasteiger partial charge in [-0.15, -0.1) is 0 Å². The molecule has 0 bridgehead atoms. The van der Waals surface area contributed by atoms with E-state index in [1.54, 1.807) is 11.0 Å². The van der Waals surface area contributed by atoms with Crippen molar-refractivity contribution in [1.82, 2.24) is 10.2 Å². The Bertz CT molecular complexity index is 834. The van der Waals surface area contributed by atoms with Gasteiger partial charge in [0.15, 0.2) is 0 Å². The fourth-order valence-electron chi connectivity index (χ4n) is 5.36. The van der Waals surface area contributed by atoms with Crippen LogP contribution in [0.2, 0.25) is 0 Å². The minimum absolute atomic E-state index is 0.0131. The van der Waals surface area contributed by atoms with E-state index in [1.165, 1.54) is 19.3 Å². The molecule has 1 aromatic rings. The number of nitrogens with zero attached hydrogens (tertiary/aromatic N) is 2. The third-order valence-electron chi connectivity index (χ3n) is 7.00. The predicted molar refractivity (Wildman–Crippen MR) is 121 cm³/mol. The van der Waals surface area contributed by atoms with E-state index in [0.717, 1.165) is 57.3 Å². The minimum Gasteiger partial charge on any atom is -0.371 e. The number of piperidine rings is 1. The zero-order valence-electron chi connectivity index (χ0n) is 18.9. The Morgan fingerprint density at radius 1 is 0.935 bits per heavy atom. The molecule has 31 heavy (non-hydrogen) atoms. The van der Waals surface area contributed by atoms with Crippen molar-refractivity contribution in [3.63, 3.8) is 0 Å². The summed E-state index contributed by atoms with van der Waals surface area (Å²) in [5, 5.41) is 3.01. The molecule has 0 atom stereocenters. The van der Waals surface area contributed by atoms with Crippen molar-refractivity contribution < 1.29 is 14.4 Å². The highest BCUT2D eigenvalue weighted by molar-refractivity contribution is 6.24. The Kier molecular flexibility index (Phi) is 6.63. The molecule has 0 unspecified atom stereocenters.